The monoisotopic (exact) mass is 393 g/mol. The number of hydrogen-bond acceptors (Lipinski definition) is 5. The van der Waals surface area contributed by atoms with Gasteiger partial charge < -0.3 is 5.32 Å². The van der Waals surface area contributed by atoms with Crippen LogP contribution in [0.3, 0.4) is 0 Å². The van der Waals surface area contributed by atoms with Crippen LogP contribution in [0.2, 0.25) is 0 Å². The lowest BCUT2D eigenvalue weighted by Crippen LogP contribution is -2.40. The van der Waals surface area contributed by atoms with Gasteiger partial charge in [0.1, 0.15) is 0 Å². The van der Waals surface area contributed by atoms with Crippen molar-refractivity contribution in [1.29, 1.82) is 0 Å². The van der Waals surface area contributed by atoms with Crippen LogP contribution in [0.5, 0.6) is 0 Å². The first kappa shape index (κ1) is 18.3. The average Bonchev–Trinajstić information content (AvgIpc) is 3.17. The highest BCUT2D eigenvalue weighted by molar-refractivity contribution is 7.10. The summed E-state index contributed by atoms with van der Waals surface area (Å²) in [4.78, 5) is 26.5. The highest BCUT2D eigenvalue weighted by atomic mass is 32.1. The number of amides is 1. The fourth-order valence-electron chi connectivity index (χ4n) is 3.62. The summed E-state index contributed by atoms with van der Waals surface area (Å²) in [6.07, 6.45) is 0.932. The van der Waals surface area contributed by atoms with Gasteiger partial charge in [-0.05, 0) is 41.1 Å². The van der Waals surface area contributed by atoms with Gasteiger partial charge in [-0.2, -0.15) is 0 Å². The number of carbonyl (C=O) groups excluding carboxylic acids is 1. The number of fused-ring (bicyclic) bond motifs is 1. The van der Waals surface area contributed by atoms with Crippen molar-refractivity contribution in [3.8, 4) is 0 Å². The van der Waals surface area contributed by atoms with Crippen LogP contribution in [0.15, 0.2) is 66.0 Å². The Morgan fingerprint density at radius 1 is 1.14 bits per heavy atom. The van der Waals surface area contributed by atoms with Gasteiger partial charge in [0.15, 0.2) is 0 Å². The second-order valence-electron chi connectivity index (χ2n) is 6.68. The Hall–Kier alpha value is -3.03. The van der Waals surface area contributed by atoms with Crippen molar-refractivity contribution in [2.75, 3.05) is 18.4 Å². The lowest BCUT2D eigenvalue weighted by Gasteiger charge is -2.35. The first-order valence-corrected chi connectivity index (χ1v) is 9.89. The molecule has 0 fully saturated rings. The number of benzene rings is 2. The van der Waals surface area contributed by atoms with Crippen molar-refractivity contribution in [2.45, 2.75) is 12.5 Å². The third-order valence-corrected chi connectivity index (χ3v) is 5.89. The SMILES string of the molecule is O=C(CN1CCc2sccc2[C@@H]1c1ccccc1)Nc1ccc([N+](=O)[O-])cc1. The van der Waals surface area contributed by atoms with Gasteiger partial charge in [0.2, 0.25) is 5.91 Å². The quantitative estimate of drug-likeness (QED) is 0.520. The fraction of sp³-hybridized carbons (Fsp3) is 0.190. The van der Waals surface area contributed by atoms with Gasteiger partial charge >= 0.3 is 0 Å². The first-order chi connectivity index (χ1) is 13.6. The molecule has 0 radical (unpaired) electrons. The van der Waals surface area contributed by atoms with Crippen LogP contribution in [-0.4, -0.2) is 28.8 Å². The zero-order valence-corrected chi connectivity index (χ0v) is 15.9. The van der Waals surface area contributed by atoms with Gasteiger partial charge in [0.25, 0.3) is 5.69 Å². The summed E-state index contributed by atoms with van der Waals surface area (Å²) in [7, 11) is 0. The summed E-state index contributed by atoms with van der Waals surface area (Å²) >= 11 is 1.77. The number of rotatable bonds is 5. The number of non-ortho nitro benzene ring substituents is 1. The normalized spacial score (nSPS) is 16.4. The van der Waals surface area contributed by atoms with E-state index in [1.165, 1.54) is 28.1 Å². The van der Waals surface area contributed by atoms with Crippen molar-refractivity contribution >= 4 is 28.6 Å². The van der Waals surface area contributed by atoms with E-state index in [9.17, 15) is 14.9 Å². The largest absolute Gasteiger partial charge is 0.325 e. The summed E-state index contributed by atoms with van der Waals surface area (Å²) in [6.45, 7) is 1.06. The number of nitro groups is 1. The summed E-state index contributed by atoms with van der Waals surface area (Å²) in [5.74, 6) is -0.131. The van der Waals surface area contributed by atoms with Crippen molar-refractivity contribution in [1.82, 2.24) is 4.90 Å². The van der Waals surface area contributed by atoms with E-state index in [1.807, 2.05) is 18.2 Å². The zero-order chi connectivity index (χ0) is 19.5. The van der Waals surface area contributed by atoms with Gasteiger partial charge in [-0.25, -0.2) is 0 Å². The molecular weight excluding hydrogens is 374 g/mol. The summed E-state index contributed by atoms with van der Waals surface area (Å²) < 4.78 is 0. The van der Waals surface area contributed by atoms with Crippen molar-refractivity contribution < 1.29 is 9.72 Å². The first-order valence-electron chi connectivity index (χ1n) is 9.01. The van der Waals surface area contributed by atoms with Crippen LogP contribution < -0.4 is 5.32 Å². The van der Waals surface area contributed by atoms with Crippen LogP contribution in [0.25, 0.3) is 0 Å². The Morgan fingerprint density at radius 3 is 2.61 bits per heavy atom. The second kappa shape index (κ2) is 7.92. The van der Waals surface area contributed by atoms with Crippen LogP contribution >= 0.6 is 11.3 Å². The fourth-order valence-corrected chi connectivity index (χ4v) is 4.52. The number of nitrogens with zero attached hydrogens (tertiary/aromatic N) is 2. The molecule has 4 rings (SSSR count). The number of thiophene rings is 1. The molecule has 2 aromatic carbocycles. The number of carbonyl (C=O) groups is 1. The molecular formula is C21H19N3O3S. The van der Waals surface area contributed by atoms with E-state index in [0.717, 1.165) is 13.0 Å². The molecule has 0 saturated carbocycles. The van der Waals surface area contributed by atoms with E-state index < -0.39 is 4.92 Å². The van der Waals surface area contributed by atoms with E-state index in [4.69, 9.17) is 0 Å². The molecule has 3 aromatic rings. The van der Waals surface area contributed by atoms with E-state index in [2.05, 4.69) is 33.8 Å². The average molecular weight is 393 g/mol. The number of nitrogens with one attached hydrogen (secondary N) is 1. The standard InChI is InChI=1S/C21H19N3O3S/c25-20(22-16-6-8-17(9-7-16)24(26)27)14-23-12-10-19-18(11-13-28-19)21(23)15-4-2-1-3-5-15/h1-9,11,13,21H,10,12,14H2,(H,22,25)/t21-/m0/s1. The second-order valence-corrected chi connectivity index (χ2v) is 7.69. The Bertz CT molecular complexity index is 986. The molecule has 142 valence electrons. The summed E-state index contributed by atoms with van der Waals surface area (Å²) in [5.41, 5.74) is 3.00. The predicted molar refractivity (Wildman–Crippen MR) is 110 cm³/mol. The van der Waals surface area contributed by atoms with Crippen molar-refractivity contribution in [3.63, 3.8) is 0 Å². The third kappa shape index (κ3) is 3.81. The van der Waals surface area contributed by atoms with E-state index >= 15 is 0 Å². The molecule has 0 unspecified atom stereocenters. The summed E-state index contributed by atoms with van der Waals surface area (Å²) in [6, 6.07) is 18.3. The highest BCUT2D eigenvalue weighted by Crippen LogP contribution is 2.37. The van der Waals surface area contributed by atoms with Gasteiger partial charge in [0, 0.05) is 29.2 Å². The number of anilines is 1. The minimum atomic E-state index is -0.456. The highest BCUT2D eigenvalue weighted by Gasteiger charge is 2.30. The molecule has 7 heteroatoms. The smallest absolute Gasteiger partial charge is 0.269 e. The van der Waals surface area contributed by atoms with E-state index in [0.29, 0.717) is 5.69 Å². The maximum Gasteiger partial charge on any atom is 0.269 e. The number of nitro benzene ring substituents is 1. The van der Waals surface area contributed by atoms with Gasteiger partial charge in [-0.15, -0.1) is 11.3 Å². The predicted octanol–water partition coefficient (Wildman–Crippen LogP) is 4.24. The van der Waals surface area contributed by atoms with Crippen LogP contribution in [0.4, 0.5) is 11.4 Å². The molecule has 1 aliphatic rings. The lowest BCUT2D eigenvalue weighted by molar-refractivity contribution is -0.384. The molecule has 1 aromatic heterocycles. The topological polar surface area (TPSA) is 75.5 Å². The Labute approximate surface area is 166 Å². The Kier molecular flexibility index (Phi) is 5.18. The number of hydrogen-bond donors (Lipinski definition) is 1. The van der Waals surface area contributed by atoms with Crippen LogP contribution in [0, 0.1) is 10.1 Å². The maximum absolute atomic E-state index is 12.6. The van der Waals surface area contributed by atoms with Gasteiger partial charge in [-0.1, -0.05) is 30.3 Å². The maximum atomic E-state index is 12.6. The molecule has 0 spiro atoms. The molecule has 28 heavy (non-hydrogen) atoms. The van der Waals surface area contributed by atoms with Gasteiger partial charge in [0.05, 0.1) is 17.5 Å². The molecule has 6 nitrogen and oxygen atoms in total. The zero-order valence-electron chi connectivity index (χ0n) is 15.1. The Balaban J connectivity index is 1.51. The van der Waals surface area contributed by atoms with E-state index in [1.54, 1.807) is 23.5 Å². The molecule has 0 saturated heterocycles. The Morgan fingerprint density at radius 2 is 1.89 bits per heavy atom. The van der Waals surface area contributed by atoms with Crippen LogP contribution in [0.1, 0.15) is 22.0 Å². The molecule has 2 heterocycles. The molecule has 0 aliphatic carbocycles. The van der Waals surface area contributed by atoms with Crippen molar-refractivity contribution in [3.05, 3.63) is 92.2 Å². The van der Waals surface area contributed by atoms with Crippen molar-refractivity contribution in [2.24, 2.45) is 0 Å². The van der Waals surface area contributed by atoms with E-state index in [-0.39, 0.29) is 24.2 Å². The molecule has 0 bridgehead atoms. The molecule has 1 N–H and O–H groups in total. The van der Waals surface area contributed by atoms with Gasteiger partial charge in [-0.3, -0.25) is 19.8 Å². The molecule has 1 aliphatic heterocycles. The minimum absolute atomic E-state index is 0.00292. The van der Waals surface area contributed by atoms with Crippen LogP contribution in [-0.2, 0) is 11.2 Å². The molecule has 1 amide bonds. The lowest BCUT2D eigenvalue weighted by atomic mass is 9.93. The molecule has 1 atom stereocenters. The third-order valence-electron chi connectivity index (χ3n) is 4.89. The summed E-state index contributed by atoms with van der Waals surface area (Å²) in [5, 5.41) is 15.7. The minimum Gasteiger partial charge on any atom is -0.325 e.